The molecule has 0 aromatic heterocycles. The molecule has 0 heterocycles. The molecule has 0 saturated carbocycles. The summed E-state index contributed by atoms with van der Waals surface area (Å²) in [5.74, 6) is -1.95. The number of esters is 1. The molecule has 0 fully saturated rings. The van der Waals surface area contributed by atoms with Crippen molar-refractivity contribution < 1.29 is 23.5 Å². The first-order valence-electron chi connectivity index (χ1n) is 8.18. The van der Waals surface area contributed by atoms with Crippen LogP contribution in [0.4, 0.5) is 10.1 Å². The Labute approximate surface area is 155 Å². The molecule has 6 nitrogen and oxygen atoms in total. The van der Waals surface area contributed by atoms with Crippen LogP contribution in [0.2, 0.25) is 0 Å². The Morgan fingerprint density at radius 1 is 1.00 bits per heavy atom. The standard InChI is InChI=1S/C20H17FN2O4/c21-16-5-3-15(4-6-16)18(24)9-10-20(26)27-13-19(25)23-17-7-1-14(2-8-17)11-12-22/h1-8H,9-11,13H2,(H,23,25). The van der Waals surface area contributed by atoms with Gasteiger partial charge in [0.25, 0.3) is 5.91 Å². The molecular weight excluding hydrogens is 351 g/mol. The molecule has 2 aromatic rings. The van der Waals surface area contributed by atoms with Gasteiger partial charge in [-0.15, -0.1) is 0 Å². The molecule has 27 heavy (non-hydrogen) atoms. The summed E-state index contributed by atoms with van der Waals surface area (Å²) in [6, 6.07) is 13.8. The summed E-state index contributed by atoms with van der Waals surface area (Å²) < 4.78 is 17.7. The number of halogens is 1. The maximum Gasteiger partial charge on any atom is 0.306 e. The van der Waals surface area contributed by atoms with Crippen molar-refractivity contribution in [3.8, 4) is 6.07 Å². The average molecular weight is 368 g/mol. The topological polar surface area (TPSA) is 96.3 Å². The Morgan fingerprint density at radius 3 is 2.30 bits per heavy atom. The molecular formula is C20H17FN2O4. The first-order valence-corrected chi connectivity index (χ1v) is 8.18. The number of hydrogen-bond acceptors (Lipinski definition) is 5. The zero-order valence-electron chi connectivity index (χ0n) is 14.4. The van der Waals surface area contributed by atoms with Crippen LogP contribution in [-0.4, -0.2) is 24.3 Å². The van der Waals surface area contributed by atoms with E-state index in [9.17, 15) is 18.8 Å². The second kappa shape index (κ2) is 9.82. The first kappa shape index (κ1) is 19.8. The Bertz CT molecular complexity index is 855. The van der Waals surface area contributed by atoms with Crippen LogP contribution < -0.4 is 5.32 Å². The van der Waals surface area contributed by atoms with Gasteiger partial charge < -0.3 is 10.1 Å². The number of nitrogens with one attached hydrogen (secondary N) is 1. The van der Waals surface area contributed by atoms with Gasteiger partial charge in [-0.1, -0.05) is 12.1 Å². The lowest BCUT2D eigenvalue weighted by Gasteiger charge is -2.07. The zero-order valence-corrected chi connectivity index (χ0v) is 14.4. The van der Waals surface area contributed by atoms with Gasteiger partial charge in [-0.2, -0.15) is 5.26 Å². The van der Waals surface area contributed by atoms with Gasteiger partial charge in [-0.05, 0) is 42.0 Å². The zero-order chi connectivity index (χ0) is 19.6. The lowest BCUT2D eigenvalue weighted by Crippen LogP contribution is -2.21. The Balaban J connectivity index is 1.71. The van der Waals surface area contributed by atoms with Gasteiger partial charge in [0.05, 0.1) is 18.9 Å². The fraction of sp³-hybridized carbons (Fsp3) is 0.200. The number of amides is 1. The van der Waals surface area contributed by atoms with Crippen LogP contribution in [0, 0.1) is 17.1 Å². The van der Waals surface area contributed by atoms with E-state index in [1.165, 1.54) is 24.3 Å². The van der Waals surface area contributed by atoms with Crippen molar-refractivity contribution >= 4 is 23.3 Å². The van der Waals surface area contributed by atoms with E-state index in [1.807, 2.05) is 6.07 Å². The van der Waals surface area contributed by atoms with Crippen LogP contribution in [0.5, 0.6) is 0 Å². The Kier molecular flexibility index (Phi) is 7.20. The van der Waals surface area contributed by atoms with Crippen LogP contribution in [0.3, 0.4) is 0 Å². The molecule has 0 aliphatic carbocycles. The second-order valence-corrected chi connectivity index (χ2v) is 5.67. The minimum Gasteiger partial charge on any atom is -0.456 e. The molecule has 1 amide bonds. The van der Waals surface area contributed by atoms with E-state index in [-0.39, 0.29) is 25.0 Å². The van der Waals surface area contributed by atoms with E-state index in [0.29, 0.717) is 11.3 Å². The van der Waals surface area contributed by atoms with Crippen LogP contribution in [0.15, 0.2) is 48.5 Å². The molecule has 0 atom stereocenters. The quantitative estimate of drug-likeness (QED) is 0.571. The highest BCUT2D eigenvalue weighted by Crippen LogP contribution is 2.10. The fourth-order valence-electron chi connectivity index (χ4n) is 2.21. The van der Waals surface area contributed by atoms with Crippen molar-refractivity contribution in [1.82, 2.24) is 0 Å². The third kappa shape index (κ3) is 6.71. The minimum absolute atomic E-state index is 0.0908. The van der Waals surface area contributed by atoms with Gasteiger partial charge in [0, 0.05) is 17.7 Å². The van der Waals surface area contributed by atoms with Crippen molar-refractivity contribution in [3.05, 3.63) is 65.5 Å². The van der Waals surface area contributed by atoms with Crippen molar-refractivity contribution in [1.29, 1.82) is 5.26 Å². The van der Waals surface area contributed by atoms with Gasteiger partial charge in [0.1, 0.15) is 5.82 Å². The number of Topliss-reactive ketones (excluding diaryl/α,β-unsaturated/α-hetero) is 1. The van der Waals surface area contributed by atoms with Gasteiger partial charge in [-0.3, -0.25) is 14.4 Å². The summed E-state index contributed by atoms with van der Waals surface area (Å²) >= 11 is 0. The monoisotopic (exact) mass is 368 g/mol. The molecule has 0 aliphatic rings. The SMILES string of the molecule is N#CCc1ccc(NC(=O)COC(=O)CCC(=O)c2ccc(F)cc2)cc1. The molecule has 138 valence electrons. The molecule has 7 heteroatoms. The molecule has 0 spiro atoms. The summed E-state index contributed by atoms with van der Waals surface area (Å²) in [5, 5.41) is 11.2. The number of rotatable bonds is 8. The third-order valence-electron chi connectivity index (χ3n) is 3.61. The molecule has 0 saturated heterocycles. The minimum atomic E-state index is -0.676. The molecule has 0 radical (unpaired) electrons. The average Bonchev–Trinajstić information content (AvgIpc) is 2.67. The van der Waals surface area contributed by atoms with E-state index in [2.05, 4.69) is 5.32 Å². The van der Waals surface area contributed by atoms with E-state index in [1.54, 1.807) is 24.3 Å². The fourth-order valence-corrected chi connectivity index (χ4v) is 2.21. The second-order valence-electron chi connectivity index (χ2n) is 5.67. The number of ketones is 1. The number of carbonyl (C=O) groups is 3. The first-order chi connectivity index (χ1) is 13.0. The van der Waals surface area contributed by atoms with Gasteiger partial charge in [0.2, 0.25) is 0 Å². The highest BCUT2D eigenvalue weighted by molar-refractivity contribution is 5.98. The number of benzene rings is 2. The van der Waals surface area contributed by atoms with Gasteiger partial charge in [0.15, 0.2) is 12.4 Å². The Hall–Kier alpha value is -3.53. The maximum atomic E-state index is 12.8. The smallest absolute Gasteiger partial charge is 0.306 e. The van der Waals surface area contributed by atoms with E-state index in [4.69, 9.17) is 10.00 Å². The number of anilines is 1. The number of hydrogen-bond donors (Lipinski definition) is 1. The van der Waals surface area contributed by atoms with Gasteiger partial charge >= 0.3 is 5.97 Å². The molecule has 0 aliphatic heterocycles. The maximum absolute atomic E-state index is 12.8. The summed E-state index contributed by atoms with van der Waals surface area (Å²) in [6.45, 7) is -0.469. The molecule has 2 aromatic carbocycles. The summed E-state index contributed by atoms with van der Waals surface area (Å²) in [6.07, 6.45) is 0.0151. The number of nitriles is 1. The van der Waals surface area contributed by atoms with E-state index < -0.39 is 24.3 Å². The third-order valence-corrected chi connectivity index (χ3v) is 3.61. The summed E-state index contributed by atoms with van der Waals surface area (Å²) in [5.41, 5.74) is 1.65. The molecule has 1 N–H and O–H groups in total. The molecule has 2 rings (SSSR count). The normalized spacial score (nSPS) is 9.93. The predicted octanol–water partition coefficient (Wildman–Crippen LogP) is 3.04. The Morgan fingerprint density at radius 2 is 1.67 bits per heavy atom. The molecule has 0 bridgehead atoms. The lowest BCUT2D eigenvalue weighted by atomic mass is 10.1. The van der Waals surface area contributed by atoms with E-state index >= 15 is 0 Å². The van der Waals surface area contributed by atoms with Crippen molar-refractivity contribution in [3.63, 3.8) is 0 Å². The summed E-state index contributed by atoms with van der Waals surface area (Å²) in [4.78, 5) is 35.3. The highest BCUT2D eigenvalue weighted by Gasteiger charge is 2.12. The number of ether oxygens (including phenoxy) is 1. The largest absolute Gasteiger partial charge is 0.456 e. The van der Waals surface area contributed by atoms with Gasteiger partial charge in [-0.25, -0.2) is 4.39 Å². The van der Waals surface area contributed by atoms with E-state index in [0.717, 1.165) is 5.56 Å². The highest BCUT2D eigenvalue weighted by atomic mass is 19.1. The van der Waals surface area contributed by atoms with Crippen LogP contribution in [0.1, 0.15) is 28.8 Å². The van der Waals surface area contributed by atoms with Crippen molar-refractivity contribution in [2.45, 2.75) is 19.3 Å². The van der Waals surface area contributed by atoms with Crippen LogP contribution in [0.25, 0.3) is 0 Å². The lowest BCUT2D eigenvalue weighted by molar-refractivity contribution is -0.147. The molecule has 0 unspecified atom stereocenters. The van der Waals surface area contributed by atoms with Crippen molar-refractivity contribution in [2.75, 3.05) is 11.9 Å². The summed E-state index contributed by atoms with van der Waals surface area (Å²) in [7, 11) is 0. The number of carbonyl (C=O) groups excluding carboxylic acids is 3. The van der Waals surface area contributed by atoms with Crippen LogP contribution >= 0.6 is 0 Å². The number of nitrogens with zero attached hydrogens (tertiary/aromatic N) is 1. The van der Waals surface area contributed by atoms with Crippen molar-refractivity contribution in [2.24, 2.45) is 0 Å². The van der Waals surface area contributed by atoms with Crippen LogP contribution in [-0.2, 0) is 20.7 Å². The predicted molar refractivity (Wildman–Crippen MR) is 95.3 cm³/mol.